The van der Waals surface area contributed by atoms with Gasteiger partial charge in [0.05, 0.1) is 0 Å². The van der Waals surface area contributed by atoms with Crippen molar-refractivity contribution in [2.24, 2.45) is 0 Å². The molecule has 19 heavy (non-hydrogen) atoms. The molecule has 0 unspecified atom stereocenters. The molecule has 0 spiro atoms. The lowest BCUT2D eigenvalue weighted by Gasteiger charge is -2.09. The molecule has 0 aliphatic carbocycles. The van der Waals surface area contributed by atoms with Crippen LogP contribution in [0.1, 0.15) is 25.1 Å². The van der Waals surface area contributed by atoms with Crippen LogP contribution in [0.4, 0.5) is 5.82 Å². The number of anilines is 1. The first-order chi connectivity index (χ1) is 9.24. The van der Waals surface area contributed by atoms with E-state index in [1.54, 1.807) is 20.0 Å². The van der Waals surface area contributed by atoms with E-state index in [4.69, 9.17) is 5.73 Å². The van der Waals surface area contributed by atoms with Gasteiger partial charge in [0.15, 0.2) is 0 Å². The van der Waals surface area contributed by atoms with Gasteiger partial charge in [-0.2, -0.15) is 10.2 Å². The highest BCUT2D eigenvalue weighted by Crippen LogP contribution is 2.09. The maximum absolute atomic E-state index is 12.1. The lowest BCUT2D eigenvalue weighted by atomic mass is 10.2. The van der Waals surface area contributed by atoms with Crippen LogP contribution >= 0.6 is 0 Å². The Morgan fingerprint density at radius 1 is 1.26 bits per heavy atom. The number of nitrogens with two attached hydrogens (primary N) is 1. The number of rotatable bonds is 4. The minimum atomic E-state index is 0.0229. The molecule has 1 aliphatic heterocycles. The van der Waals surface area contributed by atoms with Gasteiger partial charge in [-0.15, -0.1) is 0 Å². The van der Waals surface area contributed by atoms with E-state index in [-0.39, 0.29) is 5.69 Å². The quantitative estimate of drug-likeness (QED) is 0.856. The maximum Gasteiger partial charge on any atom is 0.345 e. The molecule has 2 N–H and O–H groups in total. The average Bonchev–Trinajstić information content (AvgIpc) is 2.96. The molecule has 2 aromatic rings. The Morgan fingerprint density at radius 3 is 2.89 bits per heavy atom. The van der Waals surface area contributed by atoms with E-state index in [0.717, 1.165) is 44.6 Å². The van der Waals surface area contributed by atoms with Crippen LogP contribution in [0.5, 0.6) is 0 Å². The minimum Gasteiger partial charge on any atom is -0.382 e. The monoisotopic (exact) mass is 262 g/mol. The predicted octanol–water partition coefficient (Wildman–Crippen LogP) is 0.250. The summed E-state index contributed by atoms with van der Waals surface area (Å²) >= 11 is 0. The van der Waals surface area contributed by atoms with Crippen LogP contribution in [0.15, 0.2) is 17.1 Å². The van der Waals surface area contributed by atoms with Crippen molar-refractivity contribution in [2.45, 2.75) is 45.3 Å². The van der Waals surface area contributed by atoms with Gasteiger partial charge < -0.3 is 5.73 Å². The molecule has 0 saturated heterocycles. The van der Waals surface area contributed by atoms with E-state index >= 15 is 0 Å². The zero-order chi connectivity index (χ0) is 13.2. The number of fused-ring (bicyclic) bond motifs is 1. The summed E-state index contributed by atoms with van der Waals surface area (Å²) in [6.45, 7) is 2.17. The number of hydrogen-bond donors (Lipinski definition) is 1. The zero-order valence-corrected chi connectivity index (χ0v) is 10.8. The fraction of sp³-hybridized carbons (Fsp3) is 0.583. The fourth-order valence-corrected chi connectivity index (χ4v) is 2.48. The van der Waals surface area contributed by atoms with E-state index in [9.17, 15) is 4.79 Å². The molecule has 102 valence electrons. The summed E-state index contributed by atoms with van der Waals surface area (Å²) in [6.07, 6.45) is 5.78. The topological polar surface area (TPSA) is 83.7 Å². The maximum atomic E-state index is 12.1. The SMILES string of the molecule is Nc1ccn(CCCn2nc3n(c2=O)CCCC3)n1. The van der Waals surface area contributed by atoms with Crippen LogP contribution in [0.2, 0.25) is 0 Å². The molecule has 3 rings (SSSR count). The Kier molecular flexibility index (Phi) is 3.10. The molecule has 2 aromatic heterocycles. The second-order valence-electron chi connectivity index (χ2n) is 4.89. The second kappa shape index (κ2) is 4.91. The van der Waals surface area contributed by atoms with Gasteiger partial charge in [-0.05, 0) is 25.3 Å². The van der Waals surface area contributed by atoms with Gasteiger partial charge in [0.2, 0.25) is 0 Å². The van der Waals surface area contributed by atoms with Crippen molar-refractivity contribution in [3.63, 3.8) is 0 Å². The summed E-state index contributed by atoms with van der Waals surface area (Å²) < 4.78 is 5.17. The van der Waals surface area contributed by atoms with E-state index in [1.165, 1.54) is 0 Å². The largest absolute Gasteiger partial charge is 0.382 e. The number of aryl methyl sites for hydroxylation is 3. The van der Waals surface area contributed by atoms with Crippen molar-refractivity contribution in [1.29, 1.82) is 0 Å². The van der Waals surface area contributed by atoms with Crippen molar-refractivity contribution in [1.82, 2.24) is 24.1 Å². The van der Waals surface area contributed by atoms with Crippen LogP contribution < -0.4 is 11.4 Å². The smallest absolute Gasteiger partial charge is 0.345 e. The van der Waals surface area contributed by atoms with Crippen molar-refractivity contribution >= 4 is 5.82 Å². The molecule has 0 atom stereocenters. The molecule has 0 aromatic carbocycles. The highest BCUT2D eigenvalue weighted by atomic mass is 16.2. The van der Waals surface area contributed by atoms with E-state index in [1.807, 2.05) is 6.20 Å². The summed E-state index contributed by atoms with van der Waals surface area (Å²) in [4.78, 5) is 12.1. The summed E-state index contributed by atoms with van der Waals surface area (Å²) in [7, 11) is 0. The summed E-state index contributed by atoms with van der Waals surface area (Å²) in [6, 6.07) is 1.77. The molecule has 0 amide bonds. The third-order valence-corrected chi connectivity index (χ3v) is 3.45. The highest BCUT2D eigenvalue weighted by molar-refractivity contribution is 5.23. The van der Waals surface area contributed by atoms with E-state index < -0.39 is 0 Å². The van der Waals surface area contributed by atoms with Gasteiger partial charge >= 0.3 is 5.69 Å². The molecule has 0 bridgehead atoms. The molecule has 0 saturated carbocycles. The first-order valence-electron chi connectivity index (χ1n) is 6.69. The van der Waals surface area contributed by atoms with Gasteiger partial charge in [0.25, 0.3) is 0 Å². The van der Waals surface area contributed by atoms with Gasteiger partial charge in [0, 0.05) is 32.3 Å². The molecular weight excluding hydrogens is 244 g/mol. The first-order valence-corrected chi connectivity index (χ1v) is 6.69. The Labute approximate surface area is 110 Å². The van der Waals surface area contributed by atoms with Gasteiger partial charge in [0.1, 0.15) is 11.6 Å². The number of aromatic nitrogens is 5. The zero-order valence-electron chi connectivity index (χ0n) is 10.8. The fourth-order valence-electron chi connectivity index (χ4n) is 2.48. The number of nitrogen functional groups attached to an aromatic ring is 1. The van der Waals surface area contributed by atoms with Crippen molar-refractivity contribution in [2.75, 3.05) is 5.73 Å². The minimum absolute atomic E-state index is 0.0229. The lowest BCUT2D eigenvalue weighted by Crippen LogP contribution is -2.27. The Morgan fingerprint density at radius 2 is 2.16 bits per heavy atom. The standard InChI is InChI=1S/C12H18N6O/c13-10-5-9-16(14-10)6-3-8-18-12(19)17-7-2-1-4-11(17)15-18/h5,9H,1-4,6-8H2,(H2,13,14). The van der Waals surface area contributed by atoms with Gasteiger partial charge in [-0.25, -0.2) is 9.48 Å². The lowest BCUT2D eigenvalue weighted by molar-refractivity contribution is 0.485. The predicted molar refractivity (Wildman–Crippen MR) is 70.7 cm³/mol. The number of nitrogens with zero attached hydrogens (tertiary/aromatic N) is 5. The molecule has 7 nitrogen and oxygen atoms in total. The Bertz CT molecular complexity index is 622. The van der Waals surface area contributed by atoms with Gasteiger partial charge in [-0.3, -0.25) is 9.25 Å². The number of hydrogen-bond acceptors (Lipinski definition) is 4. The summed E-state index contributed by atoms with van der Waals surface area (Å²) in [5.41, 5.74) is 5.57. The molecule has 1 aliphatic rings. The highest BCUT2D eigenvalue weighted by Gasteiger charge is 2.16. The third-order valence-electron chi connectivity index (χ3n) is 3.45. The summed E-state index contributed by atoms with van der Waals surface area (Å²) in [5.74, 6) is 1.45. The molecule has 3 heterocycles. The Balaban J connectivity index is 1.64. The summed E-state index contributed by atoms with van der Waals surface area (Å²) in [5, 5.41) is 8.51. The van der Waals surface area contributed by atoms with Crippen LogP contribution in [-0.2, 0) is 26.1 Å². The van der Waals surface area contributed by atoms with Crippen LogP contribution in [0, 0.1) is 0 Å². The normalized spacial score (nSPS) is 14.5. The van der Waals surface area contributed by atoms with Gasteiger partial charge in [-0.1, -0.05) is 0 Å². The van der Waals surface area contributed by atoms with E-state index in [0.29, 0.717) is 12.4 Å². The molecule has 0 fully saturated rings. The molecular formula is C12H18N6O. The van der Waals surface area contributed by atoms with Crippen molar-refractivity contribution in [3.8, 4) is 0 Å². The second-order valence-corrected chi connectivity index (χ2v) is 4.89. The first kappa shape index (κ1) is 12.0. The van der Waals surface area contributed by atoms with Crippen molar-refractivity contribution in [3.05, 3.63) is 28.6 Å². The average molecular weight is 262 g/mol. The molecule has 7 heteroatoms. The van der Waals surface area contributed by atoms with Crippen LogP contribution in [0.25, 0.3) is 0 Å². The van der Waals surface area contributed by atoms with Crippen molar-refractivity contribution < 1.29 is 0 Å². The van der Waals surface area contributed by atoms with Crippen LogP contribution in [0.3, 0.4) is 0 Å². The Hall–Kier alpha value is -2.05. The van der Waals surface area contributed by atoms with E-state index in [2.05, 4.69) is 10.2 Å². The molecule has 0 radical (unpaired) electrons. The third kappa shape index (κ3) is 2.40. The van der Waals surface area contributed by atoms with Crippen LogP contribution in [-0.4, -0.2) is 24.1 Å².